The average Bonchev–Trinajstić information content (AvgIpc) is 2.66. The molecule has 13 heteroatoms. The van der Waals surface area contributed by atoms with E-state index in [2.05, 4.69) is 4.28 Å². The topological polar surface area (TPSA) is 118 Å². The average molecular weight is 467 g/mol. The Balaban J connectivity index is 2.16. The first-order valence-corrected chi connectivity index (χ1v) is 11.7. The van der Waals surface area contributed by atoms with Crippen LogP contribution in [0.3, 0.4) is 0 Å². The molecule has 30 heavy (non-hydrogen) atoms. The smallest absolute Gasteiger partial charge is 0.367 e. The molecule has 0 saturated heterocycles. The standard InChI is InChI=1S/C17H16F3NO7S2/c1-2-3-9-29(24,25)13-8-7-12-14-10(13)5-4-6-11(14)15(22)21(16(12)23)28-30(26,27)17(18,19)20/h4-8,16,23H,2-3,9H2,1H3. The number of amides is 1. The van der Waals surface area contributed by atoms with Gasteiger partial charge in [0.05, 0.1) is 16.2 Å². The van der Waals surface area contributed by atoms with Gasteiger partial charge in [-0.3, -0.25) is 4.79 Å². The van der Waals surface area contributed by atoms with Crippen molar-refractivity contribution in [3.63, 3.8) is 0 Å². The number of nitrogens with zero attached hydrogens (tertiary/aromatic N) is 1. The molecule has 0 fully saturated rings. The predicted molar refractivity (Wildman–Crippen MR) is 98.1 cm³/mol. The zero-order valence-corrected chi connectivity index (χ0v) is 17.0. The van der Waals surface area contributed by atoms with Gasteiger partial charge in [-0.1, -0.05) is 31.5 Å². The van der Waals surface area contributed by atoms with Gasteiger partial charge in [-0.2, -0.15) is 26.7 Å². The molecule has 0 saturated carbocycles. The van der Waals surface area contributed by atoms with E-state index in [-0.39, 0.29) is 37.6 Å². The molecule has 1 heterocycles. The number of hydrogen-bond acceptors (Lipinski definition) is 7. The molecule has 1 amide bonds. The molecule has 0 radical (unpaired) electrons. The van der Waals surface area contributed by atoms with Crippen LogP contribution in [0.2, 0.25) is 0 Å². The van der Waals surface area contributed by atoms with Gasteiger partial charge in [-0.25, -0.2) is 8.42 Å². The normalized spacial score (nSPS) is 17.6. The summed E-state index contributed by atoms with van der Waals surface area (Å²) < 4.78 is 89.8. The molecule has 1 unspecified atom stereocenters. The third kappa shape index (κ3) is 3.66. The van der Waals surface area contributed by atoms with Crippen molar-refractivity contribution >= 4 is 36.6 Å². The van der Waals surface area contributed by atoms with Crippen molar-refractivity contribution in [2.45, 2.75) is 36.4 Å². The molecule has 1 atom stereocenters. The third-order valence-corrected chi connectivity index (χ3v) is 7.30. The van der Waals surface area contributed by atoms with Crippen LogP contribution in [-0.2, 0) is 24.2 Å². The summed E-state index contributed by atoms with van der Waals surface area (Å²) in [6.07, 6.45) is -1.19. The highest BCUT2D eigenvalue weighted by Crippen LogP contribution is 2.40. The number of unbranched alkanes of at least 4 members (excludes halogenated alkanes) is 1. The molecule has 1 aliphatic heterocycles. The lowest BCUT2D eigenvalue weighted by Gasteiger charge is -2.32. The van der Waals surface area contributed by atoms with E-state index in [0.29, 0.717) is 12.8 Å². The van der Waals surface area contributed by atoms with Crippen molar-refractivity contribution in [3.05, 3.63) is 41.5 Å². The maximum Gasteiger partial charge on any atom is 0.525 e. The molecule has 3 rings (SSSR count). The van der Waals surface area contributed by atoms with Gasteiger partial charge in [0, 0.05) is 16.3 Å². The maximum absolute atomic E-state index is 12.7. The van der Waals surface area contributed by atoms with E-state index in [1.165, 1.54) is 18.2 Å². The van der Waals surface area contributed by atoms with Gasteiger partial charge in [0.2, 0.25) is 0 Å². The molecule has 0 aliphatic carbocycles. The summed E-state index contributed by atoms with van der Waals surface area (Å²) in [5.41, 5.74) is -6.30. The lowest BCUT2D eigenvalue weighted by molar-refractivity contribution is -0.151. The van der Waals surface area contributed by atoms with Crippen LogP contribution in [0.15, 0.2) is 35.2 Å². The van der Waals surface area contributed by atoms with E-state index >= 15 is 0 Å². The second kappa shape index (κ2) is 7.48. The fraction of sp³-hybridized carbons (Fsp3) is 0.353. The van der Waals surface area contributed by atoms with Crippen LogP contribution in [0, 0.1) is 0 Å². The van der Waals surface area contributed by atoms with Crippen LogP contribution in [-0.4, -0.2) is 44.2 Å². The molecule has 2 aromatic carbocycles. The summed E-state index contributed by atoms with van der Waals surface area (Å²) in [6.45, 7) is 1.81. The van der Waals surface area contributed by atoms with Crippen LogP contribution in [0.4, 0.5) is 13.2 Å². The van der Waals surface area contributed by atoms with E-state index in [4.69, 9.17) is 0 Å². The second-order valence-electron chi connectivity index (χ2n) is 6.53. The van der Waals surface area contributed by atoms with Crippen molar-refractivity contribution in [3.8, 4) is 0 Å². The minimum Gasteiger partial charge on any atom is -0.367 e. The third-order valence-electron chi connectivity index (χ3n) is 4.53. The lowest BCUT2D eigenvalue weighted by atomic mass is 9.94. The number of carbonyl (C=O) groups is 1. The Hall–Kier alpha value is -2.22. The molecule has 0 aromatic heterocycles. The highest BCUT2D eigenvalue weighted by molar-refractivity contribution is 7.91. The molecule has 0 spiro atoms. The van der Waals surface area contributed by atoms with E-state index in [1.54, 1.807) is 0 Å². The van der Waals surface area contributed by atoms with Gasteiger partial charge in [-0.05, 0) is 18.6 Å². The predicted octanol–water partition coefficient (Wildman–Crippen LogP) is 2.64. The Bertz CT molecular complexity index is 1220. The van der Waals surface area contributed by atoms with Crippen molar-refractivity contribution in [2.75, 3.05) is 5.75 Å². The lowest BCUT2D eigenvalue weighted by Crippen LogP contribution is -2.42. The minimum absolute atomic E-state index is 0.00294. The largest absolute Gasteiger partial charge is 0.525 e. The van der Waals surface area contributed by atoms with Gasteiger partial charge in [-0.15, -0.1) is 4.28 Å². The Kier molecular flexibility index (Phi) is 5.60. The van der Waals surface area contributed by atoms with Crippen LogP contribution in [0.25, 0.3) is 10.8 Å². The first kappa shape index (κ1) is 22.5. The van der Waals surface area contributed by atoms with Crippen molar-refractivity contribution in [1.82, 2.24) is 5.06 Å². The van der Waals surface area contributed by atoms with E-state index < -0.39 is 37.6 Å². The van der Waals surface area contributed by atoms with Crippen LogP contribution in [0.5, 0.6) is 0 Å². The summed E-state index contributed by atoms with van der Waals surface area (Å²) in [4.78, 5) is 12.5. The fourth-order valence-corrected chi connectivity index (χ4v) is 5.21. The number of sulfone groups is 1. The first-order valence-electron chi connectivity index (χ1n) is 8.62. The number of aliphatic hydroxyl groups is 1. The zero-order chi connectivity index (χ0) is 22.5. The summed E-state index contributed by atoms with van der Waals surface area (Å²) in [6, 6.07) is 6.12. The summed E-state index contributed by atoms with van der Waals surface area (Å²) in [7, 11) is -9.97. The number of alkyl halides is 3. The van der Waals surface area contributed by atoms with Crippen LogP contribution in [0.1, 0.15) is 41.9 Å². The zero-order valence-electron chi connectivity index (χ0n) is 15.4. The Morgan fingerprint density at radius 3 is 2.40 bits per heavy atom. The molecule has 1 N–H and O–H groups in total. The molecule has 1 aliphatic rings. The quantitative estimate of drug-likeness (QED) is 0.649. The monoisotopic (exact) mass is 467 g/mol. The van der Waals surface area contributed by atoms with Gasteiger partial charge in [0.1, 0.15) is 0 Å². The van der Waals surface area contributed by atoms with Gasteiger partial charge >= 0.3 is 15.6 Å². The fourth-order valence-electron chi connectivity index (χ4n) is 3.09. The number of hydrogen-bond donors (Lipinski definition) is 1. The Morgan fingerprint density at radius 2 is 1.80 bits per heavy atom. The van der Waals surface area contributed by atoms with Gasteiger partial charge < -0.3 is 5.11 Å². The van der Waals surface area contributed by atoms with Gasteiger partial charge in [0.25, 0.3) is 5.91 Å². The second-order valence-corrected chi connectivity index (χ2v) is 10.1. The van der Waals surface area contributed by atoms with E-state index in [1.807, 2.05) is 6.92 Å². The highest BCUT2D eigenvalue weighted by Gasteiger charge is 2.51. The molecule has 8 nitrogen and oxygen atoms in total. The number of benzene rings is 2. The summed E-state index contributed by atoms with van der Waals surface area (Å²) in [5.74, 6) is -1.52. The number of carbonyl (C=O) groups excluding carboxylic acids is 1. The number of halogens is 3. The first-order chi connectivity index (χ1) is 13.8. The highest BCUT2D eigenvalue weighted by atomic mass is 32.2. The molecular weight excluding hydrogens is 451 g/mol. The number of hydroxylamine groups is 2. The Labute approximate surface area is 169 Å². The SMILES string of the molecule is CCCCS(=O)(=O)c1ccc2c3c(cccc13)C(=O)N(OS(=O)(=O)C(F)(F)F)C2O. The Morgan fingerprint density at radius 1 is 1.13 bits per heavy atom. The van der Waals surface area contributed by atoms with Crippen LogP contribution >= 0.6 is 0 Å². The van der Waals surface area contributed by atoms with E-state index in [0.717, 1.165) is 12.1 Å². The molecule has 0 bridgehead atoms. The summed E-state index contributed by atoms with van der Waals surface area (Å²) >= 11 is 0. The van der Waals surface area contributed by atoms with Gasteiger partial charge in [0.15, 0.2) is 16.1 Å². The molecular formula is C17H16F3NO7S2. The van der Waals surface area contributed by atoms with Crippen molar-refractivity contribution in [1.29, 1.82) is 0 Å². The van der Waals surface area contributed by atoms with Crippen LogP contribution < -0.4 is 0 Å². The molecule has 2 aromatic rings. The van der Waals surface area contributed by atoms with Crippen molar-refractivity contribution < 1.29 is 44.2 Å². The number of aliphatic hydroxyl groups excluding tert-OH is 1. The number of rotatable bonds is 6. The molecule has 164 valence electrons. The minimum atomic E-state index is -6.23. The van der Waals surface area contributed by atoms with Crippen molar-refractivity contribution in [2.24, 2.45) is 0 Å². The maximum atomic E-state index is 12.7. The van der Waals surface area contributed by atoms with E-state index in [9.17, 15) is 39.9 Å². The summed E-state index contributed by atoms with van der Waals surface area (Å²) in [5, 5.41) is 10.2.